The van der Waals surface area contributed by atoms with Crippen LogP contribution >= 0.6 is 23.1 Å². The Kier molecular flexibility index (Phi) is 4.93. The lowest BCUT2D eigenvalue weighted by Crippen LogP contribution is -1.82. The molecular weight excluding hydrogens is 216 g/mol. The molecular formula is C10H12O2S2. The van der Waals surface area contributed by atoms with Gasteiger partial charge in [0, 0.05) is 17.6 Å². The van der Waals surface area contributed by atoms with Gasteiger partial charge in [-0.1, -0.05) is 23.9 Å². The van der Waals surface area contributed by atoms with Crippen molar-refractivity contribution in [1.82, 2.24) is 0 Å². The number of thioether (sulfide) groups is 1. The number of aliphatic hydroxyl groups is 1. The average molecular weight is 228 g/mol. The summed E-state index contributed by atoms with van der Waals surface area (Å²) in [4.78, 5) is 11.6. The second-order valence-corrected chi connectivity index (χ2v) is 4.86. The van der Waals surface area contributed by atoms with Crippen LogP contribution < -0.4 is 0 Å². The summed E-state index contributed by atoms with van der Waals surface area (Å²) in [6.07, 6.45) is 3.88. The first-order chi connectivity index (χ1) is 6.74. The molecule has 0 amide bonds. The van der Waals surface area contributed by atoms with Crippen LogP contribution in [0.5, 0.6) is 0 Å². The third kappa shape index (κ3) is 3.65. The van der Waals surface area contributed by atoms with E-state index in [0.717, 1.165) is 10.4 Å². The van der Waals surface area contributed by atoms with Crippen LogP contribution in [0.15, 0.2) is 17.5 Å². The molecule has 0 unspecified atom stereocenters. The van der Waals surface area contributed by atoms with E-state index in [1.807, 2.05) is 23.6 Å². The monoisotopic (exact) mass is 228 g/mol. The minimum Gasteiger partial charge on any atom is -0.391 e. The first-order valence-corrected chi connectivity index (χ1v) is 6.07. The molecule has 1 aromatic rings. The van der Waals surface area contributed by atoms with Crippen molar-refractivity contribution in [3.8, 4) is 0 Å². The molecule has 1 rings (SSSR count). The van der Waals surface area contributed by atoms with E-state index in [2.05, 4.69) is 0 Å². The van der Waals surface area contributed by atoms with Crippen LogP contribution in [0.3, 0.4) is 0 Å². The van der Waals surface area contributed by atoms with Crippen LogP contribution in [0, 0.1) is 0 Å². The van der Waals surface area contributed by atoms with Gasteiger partial charge >= 0.3 is 0 Å². The molecule has 1 heterocycles. The van der Waals surface area contributed by atoms with Crippen LogP contribution in [-0.4, -0.2) is 16.0 Å². The van der Waals surface area contributed by atoms with Gasteiger partial charge in [-0.15, -0.1) is 11.3 Å². The molecule has 1 aromatic heterocycles. The van der Waals surface area contributed by atoms with Gasteiger partial charge in [-0.3, -0.25) is 4.79 Å². The number of carbonyl (C=O) groups is 1. The summed E-state index contributed by atoms with van der Waals surface area (Å²) in [5.74, 6) is 0.691. The van der Waals surface area contributed by atoms with Crippen molar-refractivity contribution in [1.29, 1.82) is 0 Å². The largest absolute Gasteiger partial charge is 0.391 e. The lowest BCUT2D eigenvalue weighted by atomic mass is 10.2. The van der Waals surface area contributed by atoms with E-state index in [-0.39, 0.29) is 11.7 Å². The maximum atomic E-state index is 10.6. The lowest BCUT2D eigenvalue weighted by Gasteiger charge is -1.92. The Balaban J connectivity index is 2.47. The highest BCUT2D eigenvalue weighted by Crippen LogP contribution is 2.18. The molecule has 4 heteroatoms. The molecule has 0 spiro atoms. The lowest BCUT2D eigenvalue weighted by molar-refractivity contribution is -0.109. The Labute approximate surface area is 91.7 Å². The maximum absolute atomic E-state index is 10.6. The minimum absolute atomic E-state index is 0.0805. The highest BCUT2D eigenvalue weighted by atomic mass is 32.2. The minimum atomic E-state index is 0.0805. The van der Waals surface area contributed by atoms with E-state index in [1.54, 1.807) is 6.92 Å². The molecule has 2 nitrogen and oxygen atoms in total. The summed E-state index contributed by atoms with van der Waals surface area (Å²) in [5.41, 5.74) is 1.04. The van der Waals surface area contributed by atoms with Crippen LogP contribution in [0.1, 0.15) is 17.4 Å². The predicted molar refractivity (Wildman–Crippen MR) is 62.4 cm³/mol. The van der Waals surface area contributed by atoms with Crippen LogP contribution in [0.4, 0.5) is 0 Å². The molecule has 0 aliphatic rings. The average Bonchev–Trinajstić information content (AvgIpc) is 2.59. The third-order valence-electron chi connectivity index (χ3n) is 1.60. The van der Waals surface area contributed by atoms with Gasteiger partial charge in [0.25, 0.3) is 0 Å². The standard InChI is InChI=1S/C10H12O2S2/c1-8(12)13-5-2-3-9-4-6-14-10(9)7-11/h2-4,6,11H,5,7H2,1H3. The van der Waals surface area contributed by atoms with Crippen molar-refractivity contribution in [2.24, 2.45) is 0 Å². The second kappa shape index (κ2) is 6.01. The summed E-state index contributed by atoms with van der Waals surface area (Å²) in [6, 6.07) is 1.96. The van der Waals surface area contributed by atoms with Gasteiger partial charge in [0.2, 0.25) is 0 Å². The molecule has 14 heavy (non-hydrogen) atoms. The number of aliphatic hydroxyl groups excluding tert-OH is 1. The molecule has 76 valence electrons. The van der Waals surface area contributed by atoms with Crippen molar-refractivity contribution < 1.29 is 9.90 Å². The van der Waals surface area contributed by atoms with Gasteiger partial charge in [0.05, 0.1) is 6.61 Å². The fourth-order valence-corrected chi connectivity index (χ4v) is 2.12. The molecule has 0 radical (unpaired) electrons. The normalized spacial score (nSPS) is 11.0. The molecule has 0 aliphatic carbocycles. The zero-order valence-electron chi connectivity index (χ0n) is 7.90. The summed E-state index contributed by atoms with van der Waals surface area (Å²) in [5, 5.41) is 11.0. The van der Waals surface area contributed by atoms with E-state index in [9.17, 15) is 4.79 Å². The third-order valence-corrected chi connectivity index (χ3v) is 3.29. The number of carbonyl (C=O) groups excluding carboxylic acids is 1. The van der Waals surface area contributed by atoms with Crippen LogP contribution in [0.25, 0.3) is 6.08 Å². The molecule has 0 bridgehead atoms. The van der Waals surface area contributed by atoms with Crippen molar-refractivity contribution in [3.05, 3.63) is 28.0 Å². The van der Waals surface area contributed by atoms with Crippen LogP contribution in [-0.2, 0) is 11.4 Å². The smallest absolute Gasteiger partial charge is 0.186 e. The first-order valence-electron chi connectivity index (χ1n) is 4.21. The van der Waals surface area contributed by atoms with Gasteiger partial charge in [-0.25, -0.2) is 0 Å². The van der Waals surface area contributed by atoms with Crippen molar-refractivity contribution in [3.63, 3.8) is 0 Å². The Morgan fingerprint density at radius 1 is 1.71 bits per heavy atom. The Morgan fingerprint density at radius 2 is 2.50 bits per heavy atom. The van der Waals surface area contributed by atoms with Crippen molar-refractivity contribution in [2.45, 2.75) is 13.5 Å². The summed E-state index contributed by atoms with van der Waals surface area (Å²) < 4.78 is 0. The molecule has 0 saturated carbocycles. The predicted octanol–water partition coefficient (Wildman–Crippen LogP) is 2.53. The quantitative estimate of drug-likeness (QED) is 0.860. The Morgan fingerprint density at radius 3 is 3.14 bits per heavy atom. The van der Waals surface area contributed by atoms with E-state index in [4.69, 9.17) is 5.11 Å². The first kappa shape index (κ1) is 11.5. The van der Waals surface area contributed by atoms with Gasteiger partial charge in [-0.2, -0.15) is 0 Å². The molecule has 0 saturated heterocycles. The zero-order chi connectivity index (χ0) is 10.4. The number of thiophene rings is 1. The fourth-order valence-electron chi connectivity index (χ4n) is 0.968. The second-order valence-electron chi connectivity index (χ2n) is 2.66. The summed E-state index contributed by atoms with van der Waals surface area (Å²) >= 11 is 2.82. The van der Waals surface area contributed by atoms with Gasteiger partial charge in [0.15, 0.2) is 5.12 Å². The summed E-state index contributed by atoms with van der Waals surface area (Å²) in [7, 11) is 0. The Hall–Kier alpha value is -0.580. The number of rotatable bonds is 4. The highest BCUT2D eigenvalue weighted by molar-refractivity contribution is 8.13. The molecule has 0 aromatic carbocycles. The van der Waals surface area contributed by atoms with E-state index in [1.165, 1.54) is 23.1 Å². The fraction of sp³-hybridized carbons (Fsp3) is 0.300. The van der Waals surface area contributed by atoms with Crippen LogP contribution in [0.2, 0.25) is 0 Å². The van der Waals surface area contributed by atoms with E-state index in [0.29, 0.717) is 5.75 Å². The molecule has 0 fully saturated rings. The highest BCUT2D eigenvalue weighted by Gasteiger charge is 1.98. The summed E-state index contributed by atoms with van der Waals surface area (Å²) in [6.45, 7) is 1.64. The van der Waals surface area contributed by atoms with Crippen molar-refractivity contribution in [2.75, 3.05) is 5.75 Å². The van der Waals surface area contributed by atoms with E-state index >= 15 is 0 Å². The number of hydrogen-bond donors (Lipinski definition) is 1. The van der Waals surface area contributed by atoms with Gasteiger partial charge in [-0.05, 0) is 17.0 Å². The topological polar surface area (TPSA) is 37.3 Å². The molecule has 1 N–H and O–H groups in total. The van der Waals surface area contributed by atoms with Gasteiger partial charge in [0.1, 0.15) is 0 Å². The van der Waals surface area contributed by atoms with Crippen molar-refractivity contribution >= 4 is 34.3 Å². The number of hydrogen-bond acceptors (Lipinski definition) is 4. The molecule has 0 aliphatic heterocycles. The zero-order valence-corrected chi connectivity index (χ0v) is 9.53. The molecule has 0 atom stereocenters. The van der Waals surface area contributed by atoms with Gasteiger partial charge < -0.3 is 5.11 Å². The SMILES string of the molecule is CC(=O)SCC=Cc1ccsc1CO. The van der Waals surface area contributed by atoms with E-state index < -0.39 is 0 Å². The maximum Gasteiger partial charge on any atom is 0.186 e. The Bertz CT molecular complexity index is 329.